The number of carbonyl (C=O) groups is 2. The molecule has 4 aromatic rings. The fraction of sp³-hybridized carbons (Fsp3) is 0.316. The average Bonchev–Trinajstić information content (AvgIpc) is 3.10. The van der Waals surface area contributed by atoms with Gasteiger partial charge in [-0.1, -0.05) is 86.3 Å². The Morgan fingerprint density at radius 1 is 0.480 bits per heavy atom. The number of amides is 2. The molecule has 4 aromatic carbocycles. The van der Waals surface area contributed by atoms with Gasteiger partial charge >= 0.3 is 0 Å². The maximum absolute atomic E-state index is 12.9. The van der Waals surface area contributed by atoms with E-state index in [4.69, 9.17) is 0 Å². The monoisotopic (exact) mass is 718 g/mol. The van der Waals surface area contributed by atoms with Crippen molar-refractivity contribution in [3.63, 3.8) is 0 Å². The van der Waals surface area contributed by atoms with Gasteiger partial charge in [-0.2, -0.15) is 8.61 Å². The highest BCUT2D eigenvalue weighted by atomic mass is 32.2. The molecule has 0 saturated carbocycles. The molecule has 0 spiro atoms. The zero-order valence-corrected chi connectivity index (χ0v) is 30.3. The highest BCUT2D eigenvalue weighted by molar-refractivity contribution is 7.89. The van der Waals surface area contributed by atoms with Gasteiger partial charge in [0.05, 0.1) is 9.79 Å². The summed E-state index contributed by atoms with van der Waals surface area (Å²) in [7, 11) is -4.24. The lowest BCUT2D eigenvalue weighted by Crippen LogP contribution is -2.26. The Hall–Kier alpha value is -4.36. The van der Waals surface area contributed by atoms with E-state index in [9.17, 15) is 26.4 Å². The second-order valence-corrected chi connectivity index (χ2v) is 16.3. The molecule has 0 atom stereocenters. The van der Waals surface area contributed by atoms with Crippen molar-refractivity contribution in [1.29, 1.82) is 0 Å². The van der Waals surface area contributed by atoms with Gasteiger partial charge in [-0.3, -0.25) is 9.59 Å². The molecule has 10 nitrogen and oxygen atoms in total. The molecule has 0 aromatic heterocycles. The second kappa shape index (κ2) is 18.6. The standard InChI is InChI=1S/C38H46N4O6S2/c1-41(29-31-15-9-7-10-16-31)49(45,46)35-25-21-33(22-26-35)39-37(43)19-13-5-3-4-6-14-20-38(44)40-34-23-27-36(28-24-34)50(47,48)42(2)30-32-17-11-8-12-18-32/h7-12,15-18,21-28H,3-6,13-14,19-20,29-30H2,1-2H3,(H,39,43)(H,40,44). The zero-order valence-electron chi connectivity index (χ0n) is 28.6. The van der Waals surface area contributed by atoms with Gasteiger partial charge in [0.1, 0.15) is 0 Å². The minimum atomic E-state index is -3.67. The third kappa shape index (κ3) is 11.6. The van der Waals surface area contributed by atoms with E-state index in [-0.39, 0.29) is 34.7 Å². The van der Waals surface area contributed by atoms with Crippen LogP contribution in [0.3, 0.4) is 0 Å². The van der Waals surface area contributed by atoms with Crippen molar-refractivity contribution in [1.82, 2.24) is 8.61 Å². The molecular weight excluding hydrogens is 673 g/mol. The van der Waals surface area contributed by atoms with Crippen molar-refractivity contribution in [2.75, 3.05) is 24.7 Å². The molecule has 0 unspecified atom stereocenters. The Balaban J connectivity index is 1.07. The molecule has 266 valence electrons. The molecule has 0 bridgehead atoms. The number of hydrogen-bond donors (Lipinski definition) is 2. The predicted octanol–water partition coefficient (Wildman–Crippen LogP) is 7.03. The summed E-state index contributed by atoms with van der Waals surface area (Å²) < 4.78 is 54.4. The molecule has 0 saturated heterocycles. The quantitative estimate of drug-likeness (QED) is 0.100. The summed E-state index contributed by atoms with van der Waals surface area (Å²) in [6, 6.07) is 31.2. The number of nitrogens with zero attached hydrogens (tertiary/aromatic N) is 2. The maximum Gasteiger partial charge on any atom is 0.243 e. The van der Waals surface area contributed by atoms with E-state index < -0.39 is 20.0 Å². The van der Waals surface area contributed by atoms with Crippen LogP contribution in [0.4, 0.5) is 11.4 Å². The van der Waals surface area contributed by atoms with E-state index in [0.717, 1.165) is 49.7 Å². The Morgan fingerprint density at radius 3 is 1.14 bits per heavy atom. The summed E-state index contributed by atoms with van der Waals surface area (Å²) in [5.41, 5.74) is 2.88. The Morgan fingerprint density at radius 2 is 0.800 bits per heavy atom. The number of anilines is 2. The molecule has 50 heavy (non-hydrogen) atoms. The normalized spacial score (nSPS) is 11.8. The first-order chi connectivity index (χ1) is 23.9. The van der Waals surface area contributed by atoms with E-state index in [1.165, 1.54) is 32.9 Å². The fourth-order valence-corrected chi connectivity index (χ4v) is 7.67. The number of benzene rings is 4. The van der Waals surface area contributed by atoms with Crippen molar-refractivity contribution in [2.24, 2.45) is 0 Å². The molecule has 0 aliphatic heterocycles. The van der Waals surface area contributed by atoms with Crippen LogP contribution in [0.25, 0.3) is 0 Å². The van der Waals surface area contributed by atoms with E-state index in [0.29, 0.717) is 24.2 Å². The summed E-state index contributed by atoms with van der Waals surface area (Å²) in [5, 5.41) is 5.67. The van der Waals surface area contributed by atoms with E-state index >= 15 is 0 Å². The zero-order chi connectivity index (χ0) is 36.0. The van der Waals surface area contributed by atoms with Gasteiger partial charge in [0, 0.05) is 51.4 Å². The number of hydrogen-bond acceptors (Lipinski definition) is 6. The Bertz CT molecular complexity index is 1750. The van der Waals surface area contributed by atoms with Gasteiger partial charge in [0.2, 0.25) is 31.9 Å². The lowest BCUT2D eigenvalue weighted by Gasteiger charge is -2.17. The number of rotatable bonds is 19. The minimum Gasteiger partial charge on any atom is -0.326 e. The molecule has 2 N–H and O–H groups in total. The number of unbranched alkanes of at least 4 members (excludes halogenated alkanes) is 5. The van der Waals surface area contributed by atoms with Gasteiger partial charge < -0.3 is 10.6 Å². The highest BCUT2D eigenvalue weighted by Gasteiger charge is 2.22. The molecule has 12 heteroatoms. The van der Waals surface area contributed by atoms with Crippen LogP contribution in [-0.2, 0) is 42.7 Å². The van der Waals surface area contributed by atoms with Gasteiger partial charge in [0.25, 0.3) is 0 Å². The number of carbonyl (C=O) groups excluding carboxylic acids is 2. The van der Waals surface area contributed by atoms with Gasteiger partial charge in [0.15, 0.2) is 0 Å². The smallest absolute Gasteiger partial charge is 0.243 e. The van der Waals surface area contributed by atoms with Crippen molar-refractivity contribution >= 4 is 43.2 Å². The van der Waals surface area contributed by atoms with Crippen molar-refractivity contribution in [3.8, 4) is 0 Å². The van der Waals surface area contributed by atoms with E-state index in [1.54, 1.807) is 38.4 Å². The third-order valence-electron chi connectivity index (χ3n) is 8.25. The van der Waals surface area contributed by atoms with Crippen LogP contribution in [0.5, 0.6) is 0 Å². The largest absolute Gasteiger partial charge is 0.326 e. The van der Waals surface area contributed by atoms with Gasteiger partial charge in [-0.25, -0.2) is 16.8 Å². The van der Waals surface area contributed by atoms with Crippen LogP contribution in [0, 0.1) is 0 Å². The summed E-state index contributed by atoms with van der Waals surface area (Å²) in [5.74, 6) is -0.244. The maximum atomic E-state index is 12.9. The second-order valence-electron chi connectivity index (χ2n) is 12.3. The minimum absolute atomic E-state index is 0.122. The SMILES string of the molecule is CN(Cc1ccccc1)S(=O)(=O)c1ccc(NC(=O)CCCCCCCCC(=O)Nc2ccc(S(=O)(=O)N(C)Cc3ccccc3)cc2)cc1. The van der Waals surface area contributed by atoms with Crippen LogP contribution in [0.15, 0.2) is 119 Å². The first-order valence-corrected chi connectivity index (χ1v) is 19.6. The topological polar surface area (TPSA) is 133 Å². The summed E-state index contributed by atoms with van der Waals surface area (Å²) in [6.07, 6.45) is 5.88. The molecular formula is C38H46N4O6S2. The molecule has 0 radical (unpaired) electrons. The van der Waals surface area contributed by atoms with E-state index in [2.05, 4.69) is 10.6 Å². The fourth-order valence-electron chi connectivity index (χ4n) is 5.36. The van der Waals surface area contributed by atoms with Crippen molar-refractivity contribution < 1.29 is 26.4 Å². The van der Waals surface area contributed by atoms with Crippen LogP contribution < -0.4 is 10.6 Å². The van der Waals surface area contributed by atoms with Gasteiger partial charge in [-0.05, 0) is 72.5 Å². The average molecular weight is 719 g/mol. The molecule has 0 aliphatic carbocycles. The Labute approximate surface area is 296 Å². The molecule has 0 fully saturated rings. The van der Waals surface area contributed by atoms with Crippen LogP contribution in [-0.4, -0.2) is 51.4 Å². The summed E-state index contributed by atoms with van der Waals surface area (Å²) >= 11 is 0. The summed E-state index contributed by atoms with van der Waals surface area (Å²) in [6.45, 7) is 0.524. The van der Waals surface area contributed by atoms with E-state index in [1.807, 2.05) is 60.7 Å². The predicted molar refractivity (Wildman–Crippen MR) is 197 cm³/mol. The van der Waals surface area contributed by atoms with Crippen LogP contribution >= 0.6 is 0 Å². The molecule has 4 rings (SSSR count). The lowest BCUT2D eigenvalue weighted by molar-refractivity contribution is -0.117. The molecule has 0 heterocycles. The van der Waals surface area contributed by atoms with Gasteiger partial charge in [-0.15, -0.1) is 0 Å². The van der Waals surface area contributed by atoms with Crippen molar-refractivity contribution in [2.45, 2.75) is 74.2 Å². The highest BCUT2D eigenvalue weighted by Crippen LogP contribution is 2.21. The molecule has 2 amide bonds. The summed E-state index contributed by atoms with van der Waals surface area (Å²) in [4.78, 5) is 25.2. The molecule has 0 aliphatic rings. The van der Waals surface area contributed by atoms with Crippen LogP contribution in [0.2, 0.25) is 0 Å². The first-order valence-electron chi connectivity index (χ1n) is 16.8. The Kier molecular flexibility index (Phi) is 14.3. The van der Waals surface area contributed by atoms with Crippen LogP contribution in [0.1, 0.15) is 62.5 Å². The number of nitrogens with one attached hydrogen (secondary N) is 2. The lowest BCUT2D eigenvalue weighted by atomic mass is 10.1. The van der Waals surface area contributed by atoms with Crippen molar-refractivity contribution in [3.05, 3.63) is 120 Å². The third-order valence-corrected chi connectivity index (χ3v) is 11.9. The first kappa shape index (κ1) is 38.4. The number of sulfonamides is 2.